The Labute approximate surface area is 188 Å². The number of nitrogens with zero attached hydrogens (tertiary/aromatic N) is 1. The number of halogens is 1. The molecule has 3 aromatic carbocycles. The zero-order valence-corrected chi connectivity index (χ0v) is 18.5. The smallest absolute Gasteiger partial charge is 0.256 e. The highest BCUT2D eigenvalue weighted by Gasteiger charge is 2.19. The van der Waals surface area contributed by atoms with E-state index in [2.05, 4.69) is 26.2 Å². The minimum Gasteiger partial charge on any atom is -0.497 e. The molecule has 0 aliphatic carbocycles. The Hall–Kier alpha value is -3.58. The van der Waals surface area contributed by atoms with Gasteiger partial charge in [-0.2, -0.15) is 0 Å². The Morgan fingerprint density at radius 1 is 0.968 bits per heavy atom. The second kappa shape index (κ2) is 9.06. The molecule has 1 heterocycles. The Morgan fingerprint density at radius 2 is 1.74 bits per heavy atom. The Morgan fingerprint density at radius 3 is 2.52 bits per heavy atom. The number of aromatic nitrogens is 1. The molecule has 0 bridgehead atoms. The fourth-order valence-electron chi connectivity index (χ4n) is 3.15. The lowest BCUT2D eigenvalue weighted by Crippen LogP contribution is -2.13. The summed E-state index contributed by atoms with van der Waals surface area (Å²) in [5.41, 5.74) is 2.45. The fourth-order valence-corrected chi connectivity index (χ4v) is 3.53. The molecule has 0 saturated carbocycles. The van der Waals surface area contributed by atoms with Crippen molar-refractivity contribution in [1.29, 1.82) is 0 Å². The molecule has 6 nitrogen and oxygen atoms in total. The van der Waals surface area contributed by atoms with Crippen LogP contribution in [0.2, 0.25) is 0 Å². The summed E-state index contributed by atoms with van der Waals surface area (Å²) in [6.45, 7) is 0. The van der Waals surface area contributed by atoms with E-state index in [0.29, 0.717) is 40.0 Å². The van der Waals surface area contributed by atoms with Gasteiger partial charge < -0.3 is 19.2 Å². The molecule has 4 rings (SSSR count). The maximum atomic E-state index is 13.0. The summed E-state index contributed by atoms with van der Waals surface area (Å²) in [4.78, 5) is 17.4. The highest BCUT2D eigenvalue weighted by Crippen LogP contribution is 2.36. The molecular weight excluding hydrogens is 460 g/mol. The first kappa shape index (κ1) is 20.7. The number of nitrogens with one attached hydrogen (secondary N) is 1. The molecule has 0 spiro atoms. The number of rotatable bonds is 6. The van der Waals surface area contributed by atoms with Gasteiger partial charge in [-0.15, -0.1) is 0 Å². The van der Waals surface area contributed by atoms with E-state index in [-0.39, 0.29) is 5.91 Å². The van der Waals surface area contributed by atoms with E-state index < -0.39 is 0 Å². The Balaban J connectivity index is 1.68. The van der Waals surface area contributed by atoms with Crippen LogP contribution in [0.1, 0.15) is 10.4 Å². The fraction of sp³-hybridized carbons (Fsp3) is 0.0833. The van der Waals surface area contributed by atoms with Gasteiger partial charge in [0.2, 0.25) is 5.89 Å². The number of hydrogen-bond donors (Lipinski definition) is 1. The third-order valence-electron chi connectivity index (χ3n) is 4.70. The average molecular weight is 479 g/mol. The topological polar surface area (TPSA) is 73.6 Å². The third-order valence-corrected chi connectivity index (χ3v) is 5.40. The molecule has 1 N–H and O–H groups in total. The molecule has 0 aliphatic heterocycles. The van der Waals surface area contributed by atoms with E-state index in [9.17, 15) is 4.79 Å². The number of methoxy groups -OCH3 is 2. The molecule has 0 saturated heterocycles. The van der Waals surface area contributed by atoms with Crippen molar-refractivity contribution in [2.24, 2.45) is 0 Å². The number of benzene rings is 3. The van der Waals surface area contributed by atoms with Crippen LogP contribution >= 0.6 is 15.9 Å². The van der Waals surface area contributed by atoms with Crippen LogP contribution in [0.5, 0.6) is 11.5 Å². The molecule has 7 heteroatoms. The van der Waals surface area contributed by atoms with Crippen molar-refractivity contribution >= 4 is 27.5 Å². The predicted molar refractivity (Wildman–Crippen MR) is 123 cm³/mol. The van der Waals surface area contributed by atoms with Crippen LogP contribution in [0.3, 0.4) is 0 Å². The molecule has 0 aliphatic rings. The first-order valence-electron chi connectivity index (χ1n) is 9.44. The number of ether oxygens (including phenoxy) is 2. The summed E-state index contributed by atoms with van der Waals surface area (Å²) in [5, 5.41) is 2.92. The van der Waals surface area contributed by atoms with Crippen molar-refractivity contribution in [2.45, 2.75) is 0 Å². The van der Waals surface area contributed by atoms with E-state index in [1.54, 1.807) is 44.7 Å². The van der Waals surface area contributed by atoms with Crippen LogP contribution in [0.15, 0.2) is 81.8 Å². The van der Waals surface area contributed by atoms with Crippen LogP contribution in [-0.2, 0) is 0 Å². The molecular formula is C24H19BrN2O4. The number of amides is 1. The van der Waals surface area contributed by atoms with Gasteiger partial charge in [-0.05, 0) is 52.3 Å². The highest BCUT2D eigenvalue weighted by atomic mass is 79.9. The molecule has 0 fully saturated rings. The van der Waals surface area contributed by atoms with Gasteiger partial charge in [0.25, 0.3) is 5.91 Å². The van der Waals surface area contributed by atoms with Gasteiger partial charge in [0, 0.05) is 16.1 Å². The minimum absolute atomic E-state index is 0.260. The summed E-state index contributed by atoms with van der Waals surface area (Å²) in [7, 11) is 3.17. The van der Waals surface area contributed by atoms with Gasteiger partial charge in [-0.25, -0.2) is 4.98 Å². The van der Waals surface area contributed by atoms with Crippen LogP contribution in [0.25, 0.3) is 22.8 Å². The van der Waals surface area contributed by atoms with Crippen molar-refractivity contribution in [1.82, 2.24) is 4.98 Å². The van der Waals surface area contributed by atoms with Gasteiger partial charge in [0.15, 0.2) is 5.76 Å². The molecule has 4 aromatic rings. The van der Waals surface area contributed by atoms with E-state index in [4.69, 9.17) is 13.9 Å². The SMILES string of the molecule is COc1ccc(-c2cnc(-c3ccccc3C(=O)Nc3ccccc3Br)o2)c(OC)c1. The van der Waals surface area contributed by atoms with Crippen LogP contribution in [0.4, 0.5) is 5.69 Å². The normalized spacial score (nSPS) is 10.5. The number of oxazole rings is 1. The Bertz CT molecular complexity index is 1240. The van der Waals surface area contributed by atoms with Crippen molar-refractivity contribution in [3.05, 3.63) is 83.0 Å². The maximum absolute atomic E-state index is 13.0. The lowest BCUT2D eigenvalue weighted by molar-refractivity contribution is 0.102. The maximum Gasteiger partial charge on any atom is 0.256 e. The van der Waals surface area contributed by atoms with Gasteiger partial charge in [-0.1, -0.05) is 24.3 Å². The number of hydrogen-bond acceptors (Lipinski definition) is 5. The summed E-state index contributed by atoms with van der Waals surface area (Å²) in [6.07, 6.45) is 1.61. The first-order valence-corrected chi connectivity index (χ1v) is 10.2. The number of carbonyl (C=O) groups is 1. The van der Waals surface area contributed by atoms with E-state index in [1.807, 2.05) is 42.5 Å². The van der Waals surface area contributed by atoms with Gasteiger partial charge >= 0.3 is 0 Å². The quantitative estimate of drug-likeness (QED) is 0.365. The zero-order valence-electron chi connectivity index (χ0n) is 16.9. The van der Waals surface area contributed by atoms with Crippen molar-refractivity contribution in [3.63, 3.8) is 0 Å². The standard InChI is InChI=1S/C24H19BrN2O4/c1-29-15-11-12-18(21(13-15)30-2)22-14-26-24(31-22)17-8-4-3-7-16(17)23(28)27-20-10-6-5-9-19(20)25/h3-14H,1-2H3,(H,27,28). The molecule has 1 amide bonds. The monoisotopic (exact) mass is 478 g/mol. The van der Waals surface area contributed by atoms with Crippen molar-refractivity contribution < 1.29 is 18.7 Å². The Kier molecular flexibility index (Phi) is 6.04. The van der Waals surface area contributed by atoms with Crippen LogP contribution < -0.4 is 14.8 Å². The second-order valence-corrected chi connectivity index (χ2v) is 7.43. The lowest BCUT2D eigenvalue weighted by Gasteiger charge is -2.10. The number of carbonyl (C=O) groups excluding carboxylic acids is 1. The van der Waals surface area contributed by atoms with E-state index in [0.717, 1.165) is 10.0 Å². The molecule has 0 unspecified atom stereocenters. The molecule has 0 radical (unpaired) electrons. The second-order valence-electron chi connectivity index (χ2n) is 6.58. The number of anilines is 1. The summed E-state index contributed by atoms with van der Waals surface area (Å²) in [6, 6.07) is 20.0. The zero-order chi connectivity index (χ0) is 21.8. The summed E-state index contributed by atoms with van der Waals surface area (Å²) < 4.78 is 17.5. The molecule has 156 valence electrons. The minimum atomic E-state index is -0.260. The predicted octanol–water partition coefficient (Wildman–Crippen LogP) is 6.04. The van der Waals surface area contributed by atoms with Crippen LogP contribution in [-0.4, -0.2) is 25.1 Å². The number of para-hydroxylation sites is 1. The summed E-state index contributed by atoms with van der Waals surface area (Å²) in [5.74, 6) is 1.88. The third kappa shape index (κ3) is 4.32. The summed E-state index contributed by atoms with van der Waals surface area (Å²) >= 11 is 3.45. The van der Waals surface area contributed by atoms with Gasteiger partial charge in [0.1, 0.15) is 11.5 Å². The van der Waals surface area contributed by atoms with E-state index in [1.165, 1.54) is 0 Å². The largest absolute Gasteiger partial charge is 0.497 e. The van der Waals surface area contributed by atoms with Crippen molar-refractivity contribution in [3.8, 4) is 34.3 Å². The molecule has 0 atom stereocenters. The average Bonchev–Trinajstić information content (AvgIpc) is 3.30. The van der Waals surface area contributed by atoms with Crippen LogP contribution in [0, 0.1) is 0 Å². The molecule has 1 aromatic heterocycles. The highest BCUT2D eigenvalue weighted by molar-refractivity contribution is 9.10. The first-order chi connectivity index (χ1) is 15.1. The molecule has 31 heavy (non-hydrogen) atoms. The van der Waals surface area contributed by atoms with E-state index >= 15 is 0 Å². The van der Waals surface area contributed by atoms with Gasteiger partial charge in [0.05, 0.1) is 37.2 Å². The van der Waals surface area contributed by atoms with Crippen molar-refractivity contribution in [2.75, 3.05) is 19.5 Å². The van der Waals surface area contributed by atoms with Gasteiger partial charge in [-0.3, -0.25) is 4.79 Å². The lowest BCUT2D eigenvalue weighted by atomic mass is 10.1.